The number of rotatable bonds is 4. The Balaban J connectivity index is 2.10. The molecule has 0 radical (unpaired) electrons. The molecular formula is C16H16N4O. The summed E-state index contributed by atoms with van der Waals surface area (Å²) in [4.78, 5) is 12.2. The first kappa shape index (κ1) is 14.6. The highest BCUT2D eigenvalue weighted by molar-refractivity contribution is 5.99. The lowest BCUT2D eigenvalue weighted by molar-refractivity contribution is 0.0951. The highest BCUT2D eigenvalue weighted by Gasteiger charge is 2.10. The number of benzene rings is 2. The summed E-state index contributed by atoms with van der Waals surface area (Å²) >= 11 is 0. The third kappa shape index (κ3) is 3.59. The zero-order valence-corrected chi connectivity index (χ0v) is 11.7. The summed E-state index contributed by atoms with van der Waals surface area (Å²) in [5, 5.41) is 11.7. The summed E-state index contributed by atoms with van der Waals surface area (Å²) in [7, 11) is 0. The molecule has 0 saturated carbocycles. The number of amides is 1. The molecule has 106 valence electrons. The van der Waals surface area contributed by atoms with Gasteiger partial charge in [-0.15, -0.1) is 0 Å². The number of carbonyl (C=O) groups is 1. The lowest BCUT2D eigenvalue weighted by atomic mass is 10.1. The number of carbonyl (C=O) groups excluding carboxylic acids is 1. The summed E-state index contributed by atoms with van der Waals surface area (Å²) in [5.74, 6) is 5.22. The molecule has 0 atom stereocenters. The maximum absolute atomic E-state index is 12.2. The molecule has 0 aliphatic rings. The second kappa shape index (κ2) is 6.55. The van der Waals surface area contributed by atoms with Crippen LogP contribution in [0.4, 0.5) is 5.69 Å². The first-order chi connectivity index (χ1) is 10.1. The lowest BCUT2D eigenvalue weighted by Crippen LogP contribution is -2.24. The molecule has 0 unspecified atom stereocenters. The number of nitrogens with one attached hydrogen (secondary N) is 2. The molecule has 0 spiro atoms. The van der Waals surface area contributed by atoms with Crippen molar-refractivity contribution in [2.75, 3.05) is 5.43 Å². The zero-order chi connectivity index (χ0) is 15.2. The molecule has 0 aliphatic heterocycles. The molecule has 0 fully saturated rings. The molecular weight excluding hydrogens is 264 g/mol. The lowest BCUT2D eigenvalue weighted by Gasteiger charge is -2.10. The van der Waals surface area contributed by atoms with Gasteiger partial charge in [0.2, 0.25) is 0 Å². The molecule has 2 aromatic rings. The Hall–Kier alpha value is -2.84. The minimum absolute atomic E-state index is 0.217. The Labute approximate surface area is 123 Å². The molecule has 4 N–H and O–H groups in total. The predicted molar refractivity (Wildman–Crippen MR) is 81.3 cm³/mol. The highest BCUT2D eigenvalue weighted by atomic mass is 16.1. The summed E-state index contributed by atoms with van der Waals surface area (Å²) < 4.78 is 0. The molecule has 21 heavy (non-hydrogen) atoms. The van der Waals surface area contributed by atoms with Gasteiger partial charge < -0.3 is 10.7 Å². The van der Waals surface area contributed by atoms with Gasteiger partial charge in [0.1, 0.15) is 0 Å². The van der Waals surface area contributed by atoms with E-state index >= 15 is 0 Å². The van der Waals surface area contributed by atoms with Crippen molar-refractivity contribution >= 4 is 11.6 Å². The Kier molecular flexibility index (Phi) is 4.54. The minimum Gasteiger partial charge on any atom is -0.348 e. The minimum atomic E-state index is -0.217. The molecule has 0 aromatic heterocycles. The maximum Gasteiger partial charge on any atom is 0.253 e. The SMILES string of the molecule is Cc1ccc(C(=O)NCc2cccc(C#N)c2)c(NN)c1. The van der Waals surface area contributed by atoms with Gasteiger partial charge in [-0.1, -0.05) is 18.2 Å². The van der Waals surface area contributed by atoms with E-state index in [2.05, 4.69) is 16.8 Å². The van der Waals surface area contributed by atoms with Crippen LogP contribution in [0.25, 0.3) is 0 Å². The molecule has 5 heteroatoms. The fourth-order valence-corrected chi connectivity index (χ4v) is 2.00. The van der Waals surface area contributed by atoms with E-state index in [4.69, 9.17) is 11.1 Å². The van der Waals surface area contributed by atoms with Gasteiger partial charge in [-0.05, 0) is 42.3 Å². The van der Waals surface area contributed by atoms with Gasteiger partial charge in [0, 0.05) is 6.54 Å². The number of hydrazine groups is 1. The molecule has 0 saturated heterocycles. The van der Waals surface area contributed by atoms with Crippen molar-refractivity contribution in [2.24, 2.45) is 5.84 Å². The largest absolute Gasteiger partial charge is 0.348 e. The van der Waals surface area contributed by atoms with Crippen LogP contribution in [-0.4, -0.2) is 5.91 Å². The van der Waals surface area contributed by atoms with Crippen LogP contribution in [0.5, 0.6) is 0 Å². The van der Waals surface area contributed by atoms with Crippen molar-refractivity contribution in [3.05, 3.63) is 64.7 Å². The number of anilines is 1. The van der Waals surface area contributed by atoms with Crippen molar-refractivity contribution in [2.45, 2.75) is 13.5 Å². The van der Waals surface area contributed by atoms with Crippen LogP contribution in [0, 0.1) is 18.3 Å². The molecule has 0 heterocycles. The Morgan fingerprint density at radius 1 is 1.29 bits per heavy atom. The average molecular weight is 280 g/mol. The van der Waals surface area contributed by atoms with E-state index in [1.165, 1.54) is 0 Å². The van der Waals surface area contributed by atoms with Gasteiger partial charge in [-0.2, -0.15) is 5.26 Å². The Morgan fingerprint density at radius 3 is 2.81 bits per heavy atom. The second-order valence-corrected chi connectivity index (χ2v) is 4.69. The first-order valence-electron chi connectivity index (χ1n) is 6.48. The van der Waals surface area contributed by atoms with Gasteiger partial charge in [0.05, 0.1) is 22.9 Å². The van der Waals surface area contributed by atoms with E-state index in [1.807, 2.05) is 25.1 Å². The van der Waals surface area contributed by atoms with Gasteiger partial charge in [0.25, 0.3) is 5.91 Å². The van der Waals surface area contributed by atoms with Crippen LogP contribution in [0.3, 0.4) is 0 Å². The van der Waals surface area contributed by atoms with Gasteiger partial charge >= 0.3 is 0 Å². The molecule has 0 bridgehead atoms. The molecule has 2 rings (SSSR count). The summed E-state index contributed by atoms with van der Waals surface area (Å²) in [6.45, 7) is 2.28. The molecule has 5 nitrogen and oxygen atoms in total. The Bertz CT molecular complexity index is 704. The van der Waals surface area contributed by atoms with Crippen LogP contribution in [0.15, 0.2) is 42.5 Å². The average Bonchev–Trinajstić information content (AvgIpc) is 2.52. The standard InChI is InChI=1S/C16H16N4O/c1-11-5-6-14(15(7-11)20-18)16(21)19-10-13-4-2-3-12(8-13)9-17/h2-8,20H,10,18H2,1H3,(H,19,21). The smallest absolute Gasteiger partial charge is 0.253 e. The van der Waals surface area contributed by atoms with Crippen LogP contribution in [0.1, 0.15) is 27.0 Å². The number of nitriles is 1. The van der Waals surface area contributed by atoms with E-state index in [-0.39, 0.29) is 5.91 Å². The maximum atomic E-state index is 12.2. The summed E-state index contributed by atoms with van der Waals surface area (Å²) in [6.07, 6.45) is 0. The third-order valence-electron chi connectivity index (χ3n) is 3.08. The van der Waals surface area contributed by atoms with Crippen molar-refractivity contribution in [3.8, 4) is 6.07 Å². The highest BCUT2D eigenvalue weighted by Crippen LogP contribution is 2.16. The topological polar surface area (TPSA) is 90.9 Å². The van der Waals surface area contributed by atoms with Crippen molar-refractivity contribution < 1.29 is 4.79 Å². The van der Waals surface area contributed by atoms with E-state index in [0.717, 1.165) is 11.1 Å². The molecule has 0 aliphatic carbocycles. The zero-order valence-electron chi connectivity index (χ0n) is 11.7. The van der Waals surface area contributed by atoms with Crippen LogP contribution in [0.2, 0.25) is 0 Å². The number of aryl methyl sites for hydroxylation is 1. The van der Waals surface area contributed by atoms with Crippen molar-refractivity contribution in [3.63, 3.8) is 0 Å². The molecule has 2 aromatic carbocycles. The number of hydrogen-bond acceptors (Lipinski definition) is 4. The van der Waals surface area contributed by atoms with Gasteiger partial charge in [-0.25, -0.2) is 0 Å². The van der Waals surface area contributed by atoms with Crippen LogP contribution >= 0.6 is 0 Å². The number of nitrogens with two attached hydrogens (primary N) is 1. The van der Waals surface area contributed by atoms with Crippen LogP contribution in [-0.2, 0) is 6.54 Å². The Morgan fingerprint density at radius 2 is 2.10 bits per heavy atom. The van der Waals surface area contributed by atoms with E-state index in [9.17, 15) is 4.79 Å². The quantitative estimate of drug-likeness (QED) is 0.590. The number of nitrogen functional groups attached to an aromatic ring is 1. The van der Waals surface area contributed by atoms with E-state index in [0.29, 0.717) is 23.4 Å². The number of hydrogen-bond donors (Lipinski definition) is 3. The van der Waals surface area contributed by atoms with Gasteiger partial charge in [-0.3, -0.25) is 10.6 Å². The van der Waals surface area contributed by atoms with E-state index < -0.39 is 0 Å². The second-order valence-electron chi connectivity index (χ2n) is 4.69. The normalized spacial score (nSPS) is 9.76. The third-order valence-corrected chi connectivity index (χ3v) is 3.08. The first-order valence-corrected chi connectivity index (χ1v) is 6.48. The fraction of sp³-hybridized carbons (Fsp3) is 0.125. The van der Waals surface area contributed by atoms with E-state index in [1.54, 1.807) is 24.3 Å². The van der Waals surface area contributed by atoms with Crippen molar-refractivity contribution in [1.29, 1.82) is 5.26 Å². The van der Waals surface area contributed by atoms with Gasteiger partial charge in [0.15, 0.2) is 0 Å². The summed E-state index contributed by atoms with van der Waals surface area (Å²) in [5.41, 5.74) is 6.06. The van der Waals surface area contributed by atoms with Crippen molar-refractivity contribution in [1.82, 2.24) is 5.32 Å². The number of nitrogens with zero attached hydrogens (tertiary/aromatic N) is 1. The fourth-order valence-electron chi connectivity index (χ4n) is 2.00. The summed E-state index contributed by atoms with van der Waals surface area (Å²) in [6, 6.07) is 14.6. The van der Waals surface area contributed by atoms with Crippen LogP contribution < -0.4 is 16.6 Å². The predicted octanol–water partition coefficient (Wildman–Crippen LogP) is 2.08. The monoisotopic (exact) mass is 280 g/mol. The molecule has 1 amide bonds.